The molecule has 0 aliphatic rings. The maximum absolute atomic E-state index is 12.1. The minimum atomic E-state index is -4.42. The zero-order valence-electron chi connectivity index (χ0n) is 11.9. The highest BCUT2D eigenvalue weighted by Gasteiger charge is 2.29. The van der Waals surface area contributed by atoms with Crippen LogP contribution in [0, 0.1) is 0 Å². The van der Waals surface area contributed by atoms with Gasteiger partial charge in [0.05, 0.1) is 17.1 Å². The van der Waals surface area contributed by atoms with Crippen molar-refractivity contribution in [2.45, 2.75) is 23.5 Å². The molecule has 0 saturated carbocycles. The Bertz CT molecular complexity index is 673. The summed E-state index contributed by atoms with van der Waals surface area (Å²) in [5.41, 5.74) is 1.68. The molecule has 2 N–H and O–H groups in total. The first-order valence-electron chi connectivity index (χ1n) is 6.56. The molecule has 0 spiro atoms. The van der Waals surface area contributed by atoms with Crippen molar-refractivity contribution in [1.29, 1.82) is 0 Å². The summed E-state index contributed by atoms with van der Waals surface area (Å²) >= 11 is 4.41. The second-order valence-electron chi connectivity index (χ2n) is 4.70. The van der Waals surface area contributed by atoms with Crippen LogP contribution in [0.2, 0.25) is 0 Å². The Labute approximate surface area is 143 Å². The van der Waals surface area contributed by atoms with E-state index in [0.29, 0.717) is 5.16 Å². The van der Waals surface area contributed by atoms with E-state index >= 15 is 0 Å². The van der Waals surface area contributed by atoms with Gasteiger partial charge in [-0.25, -0.2) is 4.98 Å². The van der Waals surface area contributed by atoms with E-state index in [1.807, 2.05) is 29.6 Å². The third-order valence-corrected chi connectivity index (χ3v) is 4.36. The van der Waals surface area contributed by atoms with E-state index in [0.717, 1.165) is 27.5 Å². The molecule has 0 radical (unpaired) electrons. The van der Waals surface area contributed by atoms with E-state index in [1.165, 1.54) is 6.92 Å². The number of halogens is 4. The molecule has 0 aliphatic carbocycles. The highest BCUT2D eigenvalue weighted by molar-refractivity contribution is 9.10. The van der Waals surface area contributed by atoms with Gasteiger partial charge in [-0.3, -0.25) is 4.79 Å². The molecule has 0 saturated heterocycles. The zero-order valence-corrected chi connectivity index (χ0v) is 14.3. The number of benzene rings is 1. The molecule has 0 fully saturated rings. The van der Waals surface area contributed by atoms with Crippen LogP contribution in [-0.4, -0.2) is 33.8 Å². The molecule has 23 heavy (non-hydrogen) atoms. The number of hydrogen-bond donors (Lipinski definition) is 2. The van der Waals surface area contributed by atoms with Gasteiger partial charge in [-0.1, -0.05) is 39.8 Å². The van der Waals surface area contributed by atoms with Gasteiger partial charge in [-0.15, -0.1) is 0 Å². The topological polar surface area (TPSA) is 57.8 Å². The van der Waals surface area contributed by atoms with Crippen molar-refractivity contribution in [3.63, 3.8) is 0 Å². The molecule has 1 atom stereocenters. The van der Waals surface area contributed by atoms with Crippen LogP contribution in [0.1, 0.15) is 6.92 Å². The van der Waals surface area contributed by atoms with Gasteiger partial charge in [0.2, 0.25) is 5.91 Å². The lowest BCUT2D eigenvalue weighted by Gasteiger charge is -2.12. The molecule has 1 aromatic heterocycles. The first kappa shape index (κ1) is 17.9. The van der Waals surface area contributed by atoms with Gasteiger partial charge >= 0.3 is 6.18 Å². The number of imidazole rings is 1. The van der Waals surface area contributed by atoms with Crippen molar-refractivity contribution in [3.8, 4) is 11.3 Å². The normalized spacial score (nSPS) is 12.9. The summed E-state index contributed by atoms with van der Waals surface area (Å²) in [5, 5.41) is 1.63. The Hall–Kier alpha value is -1.48. The number of nitrogens with zero attached hydrogens (tertiary/aromatic N) is 1. The second kappa shape index (κ2) is 7.39. The van der Waals surface area contributed by atoms with Crippen LogP contribution in [0.4, 0.5) is 13.2 Å². The Kier molecular flexibility index (Phi) is 5.74. The molecular formula is C14H13BrF3N3OS. The molecule has 1 aromatic carbocycles. The quantitative estimate of drug-likeness (QED) is 0.736. The van der Waals surface area contributed by atoms with Crippen molar-refractivity contribution in [1.82, 2.24) is 15.3 Å². The second-order valence-corrected chi connectivity index (χ2v) is 6.95. The van der Waals surface area contributed by atoms with Crippen molar-refractivity contribution in [2.24, 2.45) is 0 Å². The summed E-state index contributed by atoms with van der Waals surface area (Å²) in [7, 11) is 0. The van der Waals surface area contributed by atoms with Crippen molar-refractivity contribution in [2.75, 3.05) is 6.54 Å². The predicted octanol–water partition coefficient (Wildman–Crippen LogP) is 4.00. The standard InChI is InChI=1S/C14H13BrF3N3OS/c1-8(12(22)20-7-14(16,17)18)23-13-19-6-11(21-13)9-2-4-10(15)5-3-9/h2-6,8H,7H2,1H3,(H,19,21)(H,20,22). The summed E-state index contributed by atoms with van der Waals surface area (Å²) in [6.07, 6.45) is -2.80. The monoisotopic (exact) mass is 407 g/mol. The van der Waals surface area contributed by atoms with Gasteiger partial charge in [-0.2, -0.15) is 13.2 Å². The average molecular weight is 408 g/mol. The van der Waals surface area contributed by atoms with Gasteiger partial charge in [0, 0.05) is 4.47 Å². The molecule has 124 valence electrons. The van der Waals surface area contributed by atoms with E-state index in [4.69, 9.17) is 0 Å². The number of aromatic amines is 1. The third kappa shape index (κ3) is 5.58. The number of carbonyl (C=O) groups is 1. The number of hydrogen-bond acceptors (Lipinski definition) is 3. The number of aromatic nitrogens is 2. The van der Waals surface area contributed by atoms with E-state index in [9.17, 15) is 18.0 Å². The van der Waals surface area contributed by atoms with E-state index in [2.05, 4.69) is 25.9 Å². The van der Waals surface area contributed by atoms with Gasteiger partial charge < -0.3 is 10.3 Å². The van der Waals surface area contributed by atoms with Crippen molar-refractivity contribution < 1.29 is 18.0 Å². The van der Waals surface area contributed by atoms with Crippen LogP contribution in [0.25, 0.3) is 11.3 Å². The highest BCUT2D eigenvalue weighted by atomic mass is 79.9. The molecule has 0 bridgehead atoms. The van der Waals surface area contributed by atoms with E-state index < -0.39 is 23.9 Å². The number of amides is 1. The van der Waals surface area contributed by atoms with Crippen molar-refractivity contribution in [3.05, 3.63) is 34.9 Å². The minimum absolute atomic E-state index is 0.470. The highest BCUT2D eigenvalue weighted by Crippen LogP contribution is 2.25. The fourth-order valence-electron chi connectivity index (χ4n) is 1.69. The van der Waals surface area contributed by atoms with Crippen LogP contribution in [0.5, 0.6) is 0 Å². The fraction of sp³-hybridized carbons (Fsp3) is 0.286. The van der Waals surface area contributed by atoms with Crippen LogP contribution in [-0.2, 0) is 4.79 Å². The first-order valence-corrected chi connectivity index (χ1v) is 8.24. The molecule has 9 heteroatoms. The number of alkyl halides is 3. The molecular weight excluding hydrogens is 395 g/mol. The Balaban J connectivity index is 1.95. The lowest BCUT2D eigenvalue weighted by atomic mass is 10.2. The molecule has 2 rings (SSSR count). The molecule has 2 aromatic rings. The number of H-pyrrole nitrogens is 1. The van der Waals surface area contributed by atoms with E-state index in [-0.39, 0.29) is 0 Å². The van der Waals surface area contributed by atoms with Crippen LogP contribution < -0.4 is 5.32 Å². The number of nitrogens with one attached hydrogen (secondary N) is 2. The number of rotatable bonds is 5. The predicted molar refractivity (Wildman–Crippen MR) is 86.1 cm³/mol. The Morgan fingerprint density at radius 3 is 2.65 bits per heavy atom. The minimum Gasteiger partial charge on any atom is -0.346 e. The van der Waals surface area contributed by atoms with Crippen LogP contribution in [0.3, 0.4) is 0 Å². The maximum atomic E-state index is 12.1. The summed E-state index contributed by atoms with van der Waals surface area (Å²) < 4.78 is 37.2. The molecule has 1 heterocycles. The van der Waals surface area contributed by atoms with E-state index in [1.54, 1.807) is 6.20 Å². The molecule has 0 aliphatic heterocycles. The Morgan fingerprint density at radius 2 is 2.04 bits per heavy atom. The maximum Gasteiger partial charge on any atom is 0.405 e. The number of thioether (sulfide) groups is 1. The fourth-order valence-corrected chi connectivity index (χ4v) is 2.76. The van der Waals surface area contributed by atoms with Crippen LogP contribution >= 0.6 is 27.7 Å². The average Bonchev–Trinajstić information content (AvgIpc) is 2.93. The summed E-state index contributed by atoms with van der Waals surface area (Å²) in [5.74, 6) is -0.686. The summed E-state index contributed by atoms with van der Waals surface area (Å²) in [4.78, 5) is 18.8. The van der Waals surface area contributed by atoms with Crippen LogP contribution in [0.15, 0.2) is 40.1 Å². The van der Waals surface area contributed by atoms with Crippen molar-refractivity contribution >= 4 is 33.6 Å². The lowest BCUT2D eigenvalue weighted by Crippen LogP contribution is -2.38. The summed E-state index contributed by atoms with van der Waals surface area (Å²) in [6, 6.07) is 7.56. The van der Waals surface area contributed by atoms with Gasteiger partial charge in [0.25, 0.3) is 0 Å². The number of carbonyl (C=O) groups excluding carboxylic acids is 1. The first-order chi connectivity index (χ1) is 10.7. The zero-order chi connectivity index (χ0) is 17.0. The van der Waals surface area contributed by atoms with Gasteiger partial charge in [-0.05, 0) is 24.6 Å². The van der Waals surface area contributed by atoms with Gasteiger partial charge in [0.15, 0.2) is 5.16 Å². The molecule has 4 nitrogen and oxygen atoms in total. The molecule has 1 unspecified atom stereocenters. The lowest BCUT2D eigenvalue weighted by molar-refractivity contribution is -0.137. The van der Waals surface area contributed by atoms with Gasteiger partial charge in [0.1, 0.15) is 6.54 Å². The third-order valence-electron chi connectivity index (χ3n) is 2.83. The Morgan fingerprint density at radius 1 is 1.39 bits per heavy atom. The largest absolute Gasteiger partial charge is 0.405 e. The smallest absolute Gasteiger partial charge is 0.346 e. The summed E-state index contributed by atoms with van der Waals surface area (Å²) in [6.45, 7) is 0.192. The SMILES string of the molecule is CC(Sc1ncc(-c2ccc(Br)cc2)[nH]1)C(=O)NCC(F)(F)F. The molecule has 1 amide bonds.